The molecule has 0 saturated carbocycles. The zero-order chi connectivity index (χ0) is 12.3. The van der Waals surface area contributed by atoms with Crippen molar-refractivity contribution < 1.29 is 9.53 Å². The van der Waals surface area contributed by atoms with Crippen molar-refractivity contribution in [2.75, 3.05) is 0 Å². The van der Waals surface area contributed by atoms with Crippen molar-refractivity contribution in [2.45, 2.75) is 26.0 Å². The van der Waals surface area contributed by atoms with E-state index in [1.165, 1.54) is 11.6 Å². The van der Waals surface area contributed by atoms with Gasteiger partial charge in [0.15, 0.2) is 0 Å². The second kappa shape index (κ2) is 4.59. The van der Waals surface area contributed by atoms with Crippen LogP contribution in [0.15, 0.2) is 42.1 Å². The van der Waals surface area contributed by atoms with Gasteiger partial charge < -0.3 is 10.2 Å². The number of cyclic esters (lactones) is 1. The number of hydrogen-bond donors (Lipinski definition) is 2. The fourth-order valence-electron chi connectivity index (χ4n) is 1.65. The van der Waals surface area contributed by atoms with Crippen molar-refractivity contribution in [3.8, 4) is 0 Å². The third kappa shape index (κ3) is 2.85. The van der Waals surface area contributed by atoms with Crippen LogP contribution in [-0.2, 0) is 16.1 Å². The maximum atomic E-state index is 11.1. The predicted molar refractivity (Wildman–Crippen MR) is 64.7 cm³/mol. The first-order valence-electron chi connectivity index (χ1n) is 5.56. The van der Waals surface area contributed by atoms with Crippen LogP contribution >= 0.6 is 0 Å². The molecular weight excluding hydrogens is 216 g/mol. The van der Waals surface area contributed by atoms with Crippen LogP contribution < -0.4 is 10.9 Å². The lowest BCUT2D eigenvalue weighted by atomic mass is 10.1. The molecular formula is C13H16N2O2. The van der Waals surface area contributed by atoms with Crippen molar-refractivity contribution in [3.05, 3.63) is 47.7 Å². The summed E-state index contributed by atoms with van der Waals surface area (Å²) in [5.74, 6) is -0.306. The molecule has 1 aromatic carbocycles. The van der Waals surface area contributed by atoms with Gasteiger partial charge in [-0.1, -0.05) is 30.3 Å². The molecule has 0 aromatic heterocycles. The Kier molecular flexibility index (Phi) is 3.15. The summed E-state index contributed by atoms with van der Waals surface area (Å²) in [5, 5.41) is 0. The molecule has 0 unspecified atom stereocenters. The van der Waals surface area contributed by atoms with E-state index in [9.17, 15) is 4.79 Å². The average Bonchev–Trinajstić information content (AvgIpc) is 2.53. The molecule has 0 aliphatic carbocycles. The molecule has 2 rings (SSSR count). The van der Waals surface area contributed by atoms with Crippen molar-refractivity contribution in [2.24, 2.45) is 0 Å². The van der Waals surface area contributed by atoms with E-state index < -0.39 is 5.60 Å². The van der Waals surface area contributed by atoms with Gasteiger partial charge in [-0.25, -0.2) is 10.2 Å². The molecule has 2 N–H and O–H groups in total. The van der Waals surface area contributed by atoms with Crippen molar-refractivity contribution in [3.63, 3.8) is 0 Å². The summed E-state index contributed by atoms with van der Waals surface area (Å²) in [7, 11) is 0. The van der Waals surface area contributed by atoms with Crippen molar-refractivity contribution in [1.82, 2.24) is 10.9 Å². The highest BCUT2D eigenvalue weighted by Crippen LogP contribution is 2.24. The number of rotatable bonds is 4. The minimum atomic E-state index is -0.583. The number of nitrogens with one attached hydrogen (secondary N) is 2. The van der Waals surface area contributed by atoms with Crippen molar-refractivity contribution >= 4 is 5.97 Å². The number of ether oxygens (including phenoxy) is 1. The lowest BCUT2D eigenvalue weighted by molar-refractivity contribution is -0.143. The van der Waals surface area contributed by atoms with Gasteiger partial charge in [0.25, 0.3) is 0 Å². The van der Waals surface area contributed by atoms with Gasteiger partial charge in [0, 0.05) is 12.6 Å². The number of benzene rings is 1. The Hall–Kier alpha value is -1.81. The van der Waals surface area contributed by atoms with Gasteiger partial charge in [0.1, 0.15) is 5.60 Å². The van der Waals surface area contributed by atoms with Crippen LogP contribution in [0.1, 0.15) is 19.4 Å². The summed E-state index contributed by atoms with van der Waals surface area (Å²) < 4.78 is 5.13. The van der Waals surface area contributed by atoms with Crippen LogP contribution in [0.25, 0.3) is 0 Å². The van der Waals surface area contributed by atoms with Crippen LogP contribution in [-0.4, -0.2) is 11.6 Å². The Labute approximate surface area is 101 Å². The first-order valence-corrected chi connectivity index (χ1v) is 5.56. The molecule has 4 heteroatoms. The number of hydrazine groups is 1. The van der Waals surface area contributed by atoms with Gasteiger partial charge in [0.2, 0.25) is 0 Å². The van der Waals surface area contributed by atoms with Gasteiger partial charge in [-0.3, -0.25) is 0 Å². The Balaban J connectivity index is 1.87. The largest absolute Gasteiger partial charge is 0.450 e. The van der Waals surface area contributed by atoms with E-state index in [1.54, 1.807) is 0 Å². The fourth-order valence-corrected chi connectivity index (χ4v) is 1.65. The average molecular weight is 232 g/mol. The SMILES string of the molecule is CC1(C)OC(=O)C=C1NNCc1ccccc1. The molecule has 90 valence electrons. The zero-order valence-corrected chi connectivity index (χ0v) is 9.99. The summed E-state index contributed by atoms with van der Waals surface area (Å²) in [6.45, 7) is 4.38. The Morgan fingerprint density at radius 2 is 1.94 bits per heavy atom. The summed E-state index contributed by atoms with van der Waals surface area (Å²) in [6, 6.07) is 10.0. The molecule has 4 nitrogen and oxygen atoms in total. The zero-order valence-electron chi connectivity index (χ0n) is 9.99. The molecule has 0 spiro atoms. The summed E-state index contributed by atoms with van der Waals surface area (Å²) in [6.07, 6.45) is 1.47. The molecule has 1 aliphatic heterocycles. The molecule has 17 heavy (non-hydrogen) atoms. The third-order valence-corrected chi connectivity index (χ3v) is 2.62. The van der Waals surface area contributed by atoms with Crippen LogP contribution in [0.4, 0.5) is 0 Å². The standard InChI is InChI=1S/C13H16N2O2/c1-13(2)11(8-12(16)17-13)15-14-9-10-6-4-3-5-7-10/h3-8,14-15H,9H2,1-2H3. The number of esters is 1. The molecule has 0 fully saturated rings. The maximum absolute atomic E-state index is 11.1. The van der Waals surface area contributed by atoms with E-state index in [4.69, 9.17) is 4.74 Å². The molecule has 0 bridgehead atoms. The number of carbonyl (C=O) groups is 1. The maximum Gasteiger partial charge on any atom is 0.333 e. The van der Waals surface area contributed by atoms with Crippen LogP contribution in [0, 0.1) is 0 Å². The minimum absolute atomic E-state index is 0.306. The molecule has 0 amide bonds. The lowest BCUT2D eigenvalue weighted by Crippen LogP contribution is -2.39. The normalized spacial score (nSPS) is 17.5. The van der Waals surface area contributed by atoms with Crippen LogP contribution in [0.5, 0.6) is 0 Å². The van der Waals surface area contributed by atoms with Gasteiger partial charge in [0.05, 0.1) is 5.70 Å². The number of hydrogen-bond acceptors (Lipinski definition) is 4. The number of carbonyl (C=O) groups excluding carboxylic acids is 1. The predicted octanol–water partition coefficient (Wildman–Crippen LogP) is 1.50. The van der Waals surface area contributed by atoms with Crippen molar-refractivity contribution in [1.29, 1.82) is 0 Å². The van der Waals surface area contributed by atoms with Gasteiger partial charge >= 0.3 is 5.97 Å². The van der Waals surface area contributed by atoms with Crippen LogP contribution in [0.2, 0.25) is 0 Å². The molecule has 0 radical (unpaired) electrons. The topological polar surface area (TPSA) is 50.4 Å². The highest BCUT2D eigenvalue weighted by Gasteiger charge is 2.33. The van der Waals surface area contributed by atoms with Crippen LogP contribution in [0.3, 0.4) is 0 Å². The lowest BCUT2D eigenvalue weighted by Gasteiger charge is -2.22. The molecule has 1 aromatic rings. The fraction of sp³-hybridized carbons (Fsp3) is 0.308. The Bertz CT molecular complexity index is 438. The highest BCUT2D eigenvalue weighted by molar-refractivity contribution is 5.86. The molecule has 1 aliphatic rings. The molecule has 0 atom stereocenters. The van der Waals surface area contributed by atoms with E-state index in [0.717, 1.165) is 5.70 Å². The summed E-state index contributed by atoms with van der Waals surface area (Å²) in [5.41, 5.74) is 7.42. The summed E-state index contributed by atoms with van der Waals surface area (Å²) >= 11 is 0. The van der Waals surface area contributed by atoms with E-state index >= 15 is 0 Å². The second-order valence-corrected chi connectivity index (χ2v) is 4.45. The Morgan fingerprint density at radius 1 is 1.24 bits per heavy atom. The quantitative estimate of drug-likeness (QED) is 0.610. The third-order valence-electron chi connectivity index (χ3n) is 2.62. The smallest absolute Gasteiger partial charge is 0.333 e. The monoisotopic (exact) mass is 232 g/mol. The second-order valence-electron chi connectivity index (χ2n) is 4.45. The molecule has 1 heterocycles. The van der Waals surface area contributed by atoms with E-state index in [2.05, 4.69) is 10.9 Å². The molecule has 0 saturated heterocycles. The Morgan fingerprint density at radius 3 is 2.53 bits per heavy atom. The summed E-state index contributed by atoms with van der Waals surface area (Å²) in [4.78, 5) is 11.1. The van der Waals surface area contributed by atoms with Gasteiger partial charge in [-0.2, -0.15) is 0 Å². The van der Waals surface area contributed by atoms with Gasteiger partial charge in [-0.15, -0.1) is 0 Å². The van der Waals surface area contributed by atoms with Gasteiger partial charge in [-0.05, 0) is 19.4 Å². The minimum Gasteiger partial charge on any atom is -0.450 e. The first-order chi connectivity index (χ1) is 8.08. The highest BCUT2D eigenvalue weighted by atomic mass is 16.6. The van der Waals surface area contributed by atoms with E-state index in [1.807, 2.05) is 44.2 Å². The van der Waals surface area contributed by atoms with E-state index in [-0.39, 0.29) is 5.97 Å². The van der Waals surface area contributed by atoms with E-state index in [0.29, 0.717) is 6.54 Å². The first kappa shape index (κ1) is 11.7.